The van der Waals surface area contributed by atoms with Crippen molar-refractivity contribution in [3.63, 3.8) is 0 Å². The molecular formula is C14H21ClN4O. The molecule has 2 rings (SSSR count). The second kappa shape index (κ2) is 6.90. The first-order valence-corrected chi connectivity index (χ1v) is 7.40. The van der Waals surface area contributed by atoms with Crippen LogP contribution < -0.4 is 16.2 Å². The van der Waals surface area contributed by atoms with Crippen LogP contribution in [0.1, 0.15) is 25.7 Å². The van der Waals surface area contributed by atoms with Gasteiger partial charge in [-0.15, -0.1) is 6.58 Å². The summed E-state index contributed by atoms with van der Waals surface area (Å²) in [5.41, 5.74) is 6.15. The molecule has 6 heteroatoms. The van der Waals surface area contributed by atoms with Crippen molar-refractivity contribution in [1.29, 1.82) is 0 Å². The van der Waals surface area contributed by atoms with E-state index in [4.69, 9.17) is 17.3 Å². The minimum atomic E-state index is -0.263. The molecule has 0 radical (unpaired) electrons. The Balaban J connectivity index is 2.33. The van der Waals surface area contributed by atoms with Gasteiger partial charge in [0.15, 0.2) is 0 Å². The number of hydrogen-bond acceptors (Lipinski definition) is 4. The van der Waals surface area contributed by atoms with E-state index in [1.807, 2.05) is 0 Å². The quantitative estimate of drug-likeness (QED) is 0.842. The van der Waals surface area contributed by atoms with Crippen LogP contribution in [0.15, 0.2) is 23.6 Å². The molecule has 2 N–H and O–H groups in total. The summed E-state index contributed by atoms with van der Waals surface area (Å²) in [6, 6.07) is 0.350. The number of piperidine rings is 1. The summed E-state index contributed by atoms with van der Waals surface area (Å²) in [5.74, 6) is 0. The van der Waals surface area contributed by atoms with Gasteiger partial charge in [0, 0.05) is 12.6 Å². The highest BCUT2D eigenvalue weighted by Crippen LogP contribution is 2.29. The lowest BCUT2D eigenvalue weighted by molar-refractivity contribution is 0.440. The summed E-state index contributed by atoms with van der Waals surface area (Å²) in [6.45, 7) is 5.51. The Morgan fingerprint density at radius 2 is 2.35 bits per heavy atom. The van der Waals surface area contributed by atoms with Gasteiger partial charge in [-0.2, -0.15) is 5.10 Å². The third kappa shape index (κ3) is 3.04. The number of aromatic nitrogens is 2. The monoisotopic (exact) mass is 296 g/mol. The average Bonchev–Trinajstić information content (AvgIpc) is 2.46. The van der Waals surface area contributed by atoms with E-state index < -0.39 is 0 Å². The van der Waals surface area contributed by atoms with Crippen LogP contribution in [-0.4, -0.2) is 28.9 Å². The third-order valence-corrected chi connectivity index (χ3v) is 4.06. The van der Waals surface area contributed by atoms with Gasteiger partial charge in [-0.3, -0.25) is 4.79 Å². The number of hydrogen-bond donors (Lipinski definition) is 1. The summed E-state index contributed by atoms with van der Waals surface area (Å²) in [5, 5.41) is 4.42. The smallest absolute Gasteiger partial charge is 0.287 e. The van der Waals surface area contributed by atoms with E-state index in [0.29, 0.717) is 19.1 Å². The van der Waals surface area contributed by atoms with Gasteiger partial charge in [-0.1, -0.05) is 17.7 Å². The number of anilines is 1. The van der Waals surface area contributed by atoms with E-state index in [1.54, 1.807) is 12.3 Å². The van der Waals surface area contributed by atoms with Crippen LogP contribution in [0.4, 0.5) is 5.69 Å². The maximum absolute atomic E-state index is 12.2. The van der Waals surface area contributed by atoms with Gasteiger partial charge in [0.05, 0.1) is 18.4 Å². The van der Waals surface area contributed by atoms with Crippen LogP contribution in [0, 0.1) is 0 Å². The summed E-state index contributed by atoms with van der Waals surface area (Å²) >= 11 is 6.25. The van der Waals surface area contributed by atoms with Crippen LogP contribution in [0.2, 0.25) is 5.02 Å². The number of nitrogens with two attached hydrogens (primary N) is 1. The number of rotatable bonds is 5. The molecule has 1 aromatic heterocycles. The summed E-state index contributed by atoms with van der Waals surface area (Å²) in [7, 11) is 0. The predicted molar refractivity (Wildman–Crippen MR) is 82.4 cm³/mol. The predicted octanol–water partition coefficient (Wildman–Crippen LogP) is 1.79. The topological polar surface area (TPSA) is 64.2 Å². The van der Waals surface area contributed by atoms with Crippen LogP contribution in [0.3, 0.4) is 0 Å². The maximum Gasteiger partial charge on any atom is 0.287 e. The largest absolute Gasteiger partial charge is 0.366 e. The summed E-state index contributed by atoms with van der Waals surface area (Å²) < 4.78 is 1.32. The van der Waals surface area contributed by atoms with Crippen molar-refractivity contribution >= 4 is 17.3 Å². The standard InChI is InChI=1S/C14H21ClN4O/c1-2-8-19-14(20)13(15)12(10-17-19)18-9-4-3-5-11(18)6-7-16/h2,10-11H,1,3-9,16H2. The second-order valence-electron chi connectivity index (χ2n) is 5.04. The molecule has 0 spiro atoms. The molecular weight excluding hydrogens is 276 g/mol. The van der Waals surface area contributed by atoms with E-state index in [2.05, 4.69) is 16.6 Å². The molecule has 1 unspecified atom stereocenters. The third-order valence-electron chi connectivity index (χ3n) is 3.70. The van der Waals surface area contributed by atoms with Crippen LogP contribution >= 0.6 is 11.6 Å². The second-order valence-corrected chi connectivity index (χ2v) is 5.42. The zero-order valence-corrected chi connectivity index (χ0v) is 12.4. The van der Waals surface area contributed by atoms with Gasteiger partial charge in [-0.25, -0.2) is 4.68 Å². The molecule has 1 aromatic rings. The molecule has 0 amide bonds. The molecule has 1 fully saturated rings. The van der Waals surface area contributed by atoms with Gasteiger partial charge in [0.25, 0.3) is 5.56 Å². The van der Waals surface area contributed by atoms with Gasteiger partial charge in [0.1, 0.15) is 5.02 Å². The molecule has 1 atom stereocenters. The van der Waals surface area contributed by atoms with E-state index in [0.717, 1.165) is 31.5 Å². The molecule has 0 bridgehead atoms. The molecule has 1 saturated heterocycles. The summed E-state index contributed by atoms with van der Waals surface area (Å²) in [4.78, 5) is 14.3. The van der Waals surface area contributed by atoms with Gasteiger partial charge in [0.2, 0.25) is 0 Å². The molecule has 0 saturated carbocycles. The highest BCUT2D eigenvalue weighted by atomic mass is 35.5. The number of nitrogens with zero attached hydrogens (tertiary/aromatic N) is 3. The Hall–Kier alpha value is -1.33. The highest BCUT2D eigenvalue weighted by molar-refractivity contribution is 6.33. The van der Waals surface area contributed by atoms with Crippen molar-refractivity contribution in [2.45, 2.75) is 38.3 Å². The minimum Gasteiger partial charge on any atom is -0.366 e. The lowest BCUT2D eigenvalue weighted by atomic mass is 9.99. The van der Waals surface area contributed by atoms with Gasteiger partial charge in [-0.05, 0) is 32.2 Å². The Labute approximate surface area is 124 Å². The molecule has 2 heterocycles. The maximum atomic E-state index is 12.2. The fourth-order valence-corrected chi connectivity index (χ4v) is 2.97. The molecule has 5 nitrogen and oxygen atoms in total. The Morgan fingerprint density at radius 3 is 3.05 bits per heavy atom. The van der Waals surface area contributed by atoms with Crippen LogP contribution in [0.25, 0.3) is 0 Å². The first-order chi connectivity index (χ1) is 9.69. The number of allylic oxidation sites excluding steroid dienone is 1. The minimum absolute atomic E-state index is 0.241. The van der Waals surface area contributed by atoms with Crippen LogP contribution in [-0.2, 0) is 6.54 Å². The van der Waals surface area contributed by atoms with E-state index in [-0.39, 0.29) is 10.6 Å². The molecule has 20 heavy (non-hydrogen) atoms. The Bertz CT molecular complexity index is 526. The van der Waals surface area contributed by atoms with Gasteiger partial charge >= 0.3 is 0 Å². The molecule has 110 valence electrons. The lowest BCUT2D eigenvalue weighted by Crippen LogP contribution is -2.42. The van der Waals surface area contributed by atoms with E-state index in [1.165, 1.54) is 11.1 Å². The molecule has 1 aliphatic rings. The zero-order chi connectivity index (χ0) is 14.5. The Morgan fingerprint density at radius 1 is 1.55 bits per heavy atom. The van der Waals surface area contributed by atoms with Gasteiger partial charge < -0.3 is 10.6 Å². The van der Waals surface area contributed by atoms with E-state index in [9.17, 15) is 4.79 Å². The zero-order valence-electron chi connectivity index (χ0n) is 11.6. The molecule has 1 aliphatic heterocycles. The van der Waals surface area contributed by atoms with Crippen molar-refractivity contribution in [2.75, 3.05) is 18.0 Å². The SMILES string of the molecule is C=CCn1ncc(N2CCCCC2CCN)c(Cl)c1=O. The average molecular weight is 297 g/mol. The van der Waals surface area contributed by atoms with Crippen LogP contribution in [0.5, 0.6) is 0 Å². The van der Waals surface area contributed by atoms with Crippen molar-refractivity contribution in [3.05, 3.63) is 34.2 Å². The van der Waals surface area contributed by atoms with Crippen molar-refractivity contribution in [2.24, 2.45) is 5.73 Å². The fraction of sp³-hybridized carbons (Fsp3) is 0.571. The molecule has 0 aromatic carbocycles. The number of halogens is 1. The van der Waals surface area contributed by atoms with Crippen molar-refractivity contribution < 1.29 is 0 Å². The van der Waals surface area contributed by atoms with Crippen molar-refractivity contribution in [3.8, 4) is 0 Å². The first-order valence-electron chi connectivity index (χ1n) is 7.02. The van der Waals surface area contributed by atoms with E-state index >= 15 is 0 Å². The normalized spacial score (nSPS) is 19.1. The first kappa shape index (κ1) is 15.1. The van der Waals surface area contributed by atoms with Crippen molar-refractivity contribution in [1.82, 2.24) is 9.78 Å². The fourth-order valence-electron chi connectivity index (χ4n) is 2.72. The Kier molecular flexibility index (Phi) is 5.20. The molecule has 0 aliphatic carbocycles. The highest BCUT2D eigenvalue weighted by Gasteiger charge is 2.25. The lowest BCUT2D eigenvalue weighted by Gasteiger charge is -2.37. The summed E-state index contributed by atoms with van der Waals surface area (Å²) in [6.07, 6.45) is 7.60.